The van der Waals surface area contributed by atoms with Gasteiger partial charge < -0.3 is 190 Å². The Labute approximate surface area is 525 Å². The lowest BCUT2D eigenvalue weighted by Crippen LogP contribution is -2.71. The Kier molecular flexibility index (Phi) is 27.2. The SMILES string of the molecule is CC(=O)N[C@@H]1[C@@H](O[C@@H]2O[C@H](CO)[C@H](O)[C@H](O[C@]3(C(=O)O)C[C@H](O)[C@@H](NC(C)=O)[C@H]([C@H](O)[C@H](O)CO)O3)[C@H]2O)[C@@H](O)[C@@H](CO[C@@H]2O[C@H](CO)[C@@H](O[C@@H]3O[C@H](CO)[C@H](O[C@@H]4O[C@H](CO)[C@H](O[C@H]5O[C@H](CO)[C@H](O)[C@H](O)[C@H]5O)[C@H](O)[C@H]4O)[C@H](O)[C@H]3O)[C@H](O)[C@H]2NC(C)=O)O[C@@H]1O. The average molecular weight is 1360 g/mol. The number of amides is 3. The van der Waals surface area contributed by atoms with Crippen molar-refractivity contribution in [1.82, 2.24) is 16.0 Å². The quantitative estimate of drug-likeness (QED) is 0.0404. The summed E-state index contributed by atoms with van der Waals surface area (Å²) in [5.74, 6) is -7.94. The molecule has 36 atom stereocenters. The third-order valence-corrected chi connectivity index (χ3v) is 16.7. The lowest BCUT2D eigenvalue weighted by molar-refractivity contribution is -0.387. The Balaban J connectivity index is 1.04. The molecule has 0 spiro atoms. The van der Waals surface area contributed by atoms with Crippen LogP contribution >= 0.6 is 0 Å². The monoisotopic (exact) mass is 1360 g/mol. The first-order valence-corrected chi connectivity index (χ1v) is 29.2. The highest BCUT2D eigenvalue weighted by atomic mass is 16.8. The van der Waals surface area contributed by atoms with Gasteiger partial charge in [-0.1, -0.05) is 0 Å². The molecule has 0 aromatic heterocycles. The van der Waals surface area contributed by atoms with Gasteiger partial charge in [-0.3, -0.25) is 14.4 Å². The molecule has 7 aliphatic rings. The summed E-state index contributed by atoms with van der Waals surface area (Å²) in [7, 11) is 0. The minimum atomic E-state index is -3.23. The molecule has 42 heteroatoms. The van der Waals surface area contributed by atoms with Gasteiger partial charge in [-0.25, -0.2) is 4.79 Å². The number of aliphatic hydroxyl groups excluding tert-OH is 21. The van der Waals surface area contributed by atoms with Crippen molar-refractivity contribution in [2.75, 3.05) is 46.2 Å². The van der Waals surface area contributed by atoms with Gasteiger partial charge >= 0.3 is 5.97 Å². The van der Waals surface area contributed by atoms with Gasteiger partial charge in [-0.15, -0.1) is 0 Å². The highest BCUT2D eigenvalue weighted by Gasteiger charge is 2.62. The topological polar surface area (TPSA) is 669 Å². The number of carbonyl (C=O) groups is 4. The van der Waals surface area contributed by atoms with Gasteiger partial charge in [-0.2, -0.15) is 0 Å². The summed E-state index contributed by atoms with van der Waals surface area (Å²) in [6, 6.07) is -5.29. The molecule has 7 heterocycles. The lowest BCUT2D eigenvalue weighted by atomic mass is 9.88. The zero-order valence-corrected chi connectivity index (χ0v) is 49.6. The van der Waals surface area contributed by atoms with E-state index in [1.165, 1.54) is 0 Å². The van der Waals surface area contributed by atoms with Crippen molar-refractivity contribution in [2.45, 2.75) is 248 Å². The van der Waals surface area contributed by atoms with Crippen molar-refractivity contribution < 1.29 is 193 Å². The molecule has 538 valence electrons. The zero-order chi connectivity index (χ0) is 69.0. The molecule has 3 amide bonds. The fourth-order valence-corrected chi connectivity index (χ4v) is 11.8. The van der Waals surface area contributed by atoms with Crippen LogP contribution in [0, 0.1) is 0 Å². The van der Waals surface area contributed by atoms with Crippen LogP contribution in [-0.2, 0) is 80.8 Å². The summed E-state index contributed by atoms with van der Waals surface area (Å²) in [5, 5.41) is 245. The van der Waals surface area contributed by atoms with E-state index in [1.807, 2.05) is 0 Å². The number of ether oxygens (including phenoxy) is 13. The first kappa shape index (κ1) is 76.9. The molecule has 0 aliphatic carbocycles. The van der Waals surface area contributed by atoms with E-state index in [4.69, 9.17) is 61.6 Å². The molecular formula is C51H85N3O39. The van der Waals surface area contributed by atoms with E-state index < -0.39 is 297 Å². The van der Waals surface area contributed by atoms with Crippen molar-refractivity contribution in [3.05, 3.63) is 0 Å². The van der Waals surface area contributed by atoms with Crippen LogP contribution in [-0.4, -0.2) is 403 Å². The molecule has 0 bridgehead atoms. The van der Waals surface area contributed by atoms with Gasteiger partial charge in [0.2, 0.25) is 17.7 Å². The number of rotatable bonds is 25. The lowest BCUT2D eigenvalue weighted by Gasteiger charge is -2.51. The smallest absolute Gasteiger partial charge is 0.364 e. The number of hydrogen-bond donors (Lipinski definition) is 25. The van der Waals surface area contributed by atoms with Gasteiger partial charge in [0, 0.05) is 27.2 Å². The molecule has 0 radical (unpaired) electrons. The highest BCUT2D eigenvalue weighted by Crippen LogP contribution is 2.40. The number of aliphatic hydroxyl groups is 21. The maximum absolute atomic E-state index is 13.1. The number of carbonyl (C=O) groups excluding carboxylic acids is 3. The first-order valence-electron chi connectivity index (χ1n) is 29.2. The Hall–Kier alpha value is -3.48. The van der Waals surface area contributed by atoms with Gasteiger partial charge in [0.05, 0.1) is 58.4 Å². The van der Waals surface area contributed by atoms with Gasteiger partial charge in [0.1, 0.15) is 165 Å². The van der Waals surface area contributed by atoms with E-state index in [0.717, 1.165) is 20.8 Å². The predicted molar refractivity (Wildman–Crippen MR) is 284 cm³/mol. The van der Waals surface area contributed by atoms with Crippen molar-refractivity contribution in [3.63, 3.8) is 0 Å². The molecule has 25 N–H and O–H groups in total. The summed E-state index contributed by atoms with van der Waals surface area (Å²) >= 11 is 0. The molecule has 0 aromatic carbocycles. The number of aliphatic carboxylic acids is 1. The highest BCUT2D eigenvalue weighted by molar-refractivity contribution is 5.77. The van der Waals surface area contributed by atoms with Crippen molar-refractivity contribution in [2.24, 2.45) is 0 Å². The predicted octanol–water partition coefficient (Wildman–Crippen LogP) is -16.6. The number of hydrogen-bond acceptors (Lipinski definition) is 38. The van der Waals surface area contributed by atoms with Crippen LogP contribution in [0.25, 0.3) is 0 Å². The summed E-state index contributed by atoms with van der Waals surface area (Å²) in [6.07, 6.45) is -65.8. The van der Waals surface area contributed by atoms with E-state index in [1.54, 1.807) is 0 Å². The van der Waals surface area contributed by atoms with E-state index in [-0.39, 0.29) is 0 Å². The minimum Gasteiger partial charge on any atom is -0.477 e. The molecule has 7 fully saturated rings. The normalized spacial score (nSPS) is 47.2. The van der Waals surface area contributed by atoms with Crippen LogP contribution in [0.2, 0.25) is 0 Å². The Morgan fingerprint density at radius 1 is 0.441 bits per heavy atom. The van der Waals surface area contributed by atoms with Crippen LogP contribution in [0.1, 0.15) is 27.2 Å². The Morgan fingerprint density at radius 3 is 1.30 bits per heavy atom. The van der Waals surface area contributed by atoms with Crippen LogP contribution in [0.15, 0.2) is 0 Å². The number of carboxylic acid groups (broad SMARTS) is 1. The molecule has 0 aromatic rings. The summed E-state index contributed by atoms with van der Waals surface area (Å²) in [4.78, 5) is 50.3. The maximum atomic E-state index is 13.1. The van der Waals surface area contributed by atoms with Gasteiger partial charge in [-0.05, 0) is 0 Å². The molecule has 93 heavy (non-hydrogen) atoms. The first-order chi connectivity index (χ1) is 43.8. The Morgan fingerprint density at radius 2 is 0.839 bits per heavy atom. The second-order valence-corrected chi connectivity index (χ2v) is 23.2. The van der Waals surface area contributed by atoms with Crippen molar-refractivity contribution in [3.8, 4) is 0 Å². The Bertz CT molecular complexity index is 2410. The molecule has 42 nitrogen and oxygen atoms in total. The van der Waals surface area contributed by atoms with E-state index >= 15 is 0 Å². The molecule has 7 aliphatic heterocycles. The third-order valence-electron chi connectivity index (χ3n) is 16.7. The van der Waals surface area contributed by atoms with Crippen LogP contribution in [0.5, 0.6) is 0 Å². The average Bonchev–Trinajstić information content (AvgIpc) is 0.773. The number of nitrogens with one attached hydrogen (secondary N) is 3. The summed E-state index contributed by atoms with van der Waals surface area (Å²) in [6.45, 7) is -4.38. The van der Waals surface area contributed by atoms with E-state index in [9.17, 15) is 132 Å². The molecule has 0 saturated carbocycles. The summed E-state index contributed by atoms with van der Waals surface area (Å²) in [5.41, 5.74) is 0. The zero-order valence-electron chi connectivity index (χ0n) is 49.6. The summed E-state index contributed by atoms with van der Waals surface area (Å²) < 4.78 is 74.0. The second-order valence-electron chi connectivity index (χ2n) is 23.2. The molecule has 0 unspecified atom stereocenters. The fourth-order valence-electron chi connectivity index (χ4n) is 11.8. The van der Waals surface area contributed by atoms with Crippen molar-refractivity contribution in [1.29, 1.82) is 0 Å². The van der Waals surface area contributed by atoms with Crippen LogP contribution in [0.4, 0.5) is 0 Å². The largest absolute Gasteiger partial charge is 0.477 e. The molecular weight excluding hydrogens is 1280 g/mol. The van der Waals surface area contributed by atoms with E-state index in [0.29, 0.717) is 0 Å². The van der Waals surface area contributed by atoms with Crippen LogP contribution < -0.4 is 16.0 Å². The number of carboxylic acids is 1. The van der Waals surface area contributed by atoms with E-state index in [2.05, 4.69) is 16.0 Å². The van der Waals surface area contributed by atoms with Crippen LogP contribution in [0.3, 0.4) is 0 Å². The third kappa shape index (κ3) is 16.8. The van der Waals surface area contributed by atoms with Gasteiger partial charge in [0.25, 0.3) is 5.79 Å². The fraction of sp³-hybridized carbons (Fsp3) is 0.922. The van der Waals surface area contributed by atoms with Crippen molar-refractivity contribution >= 4 is 23.7 Å². The standard InChI is InChI=1S/C51H85N3O39/c1-12(61)52-23-15(64)4-51(50(79)80,92-42(23)26(66)16(65)5-55)93-43-28(68)18(7-57)84-49(37(43)77)91-41-25(54-14(3)63)44(78)82-22(29(41)69)11-81-45-24(53-13(2)62)30(70)38(19(8-58)85-45)88-47-35(75)32(72)40(21(10-60)86-47)90-48-36(76)33(73)39(20(9-59)87-48)89-46-34(74)31(71)27(67)17(6-56)83-46/h15-49,55-60,64-78H,4-11H2,1-3H3,(H,52,61)(H,53,62)(H,54,63)(H,79,80)/t15-,16+,17+,18+,19+,20+,21+,22+,23+,24+,25+,26+,27-,28-,29-,30+,31-,32+,33+,34+,35+,36+,37+,38+,39-,40-,41+,42+,43-,44-,45+,46+,47-,48-,49-,51-/m0/s1. The van der Waals surface area contributed by atoms with Gasteiger partial charge in [0.15, 0.2) is 37.7 Å². The molecule has 7 saturated heterocycles. The maximum Gasteiger partial charge on any atom is 0.364 e. The molecule has 7 rings (SSSR count). The minimum absolute atomic E-state index is 0.840. The second kappa shape index (κ2) is 32.9.